The van der Waals surface area contributed by atoms with Crippen LogP contribution in [0.2, 0.25) is 0 Å². The summed E-state index contributed by atoms with van der Waals surface area (Å²) in [6.45, 7) is 6.03. The van der Waals surface area contributed by atoms with Gasteiger partial charge in [0.1, 0.15) is 5.60 Å². The SMILES string of the molecule is CCC(C)(C)C(=O)OC12CC3CC4C1CC1CC2C(C3)C4(C(O)O)C1. The molecule has 4 heteroatoms. The minimum atomic E-state index is -1.21. The second-order valence-corrected chi connectivity index (χ2v) is 10.6. The molecule has 0 radical (unpaired) electrons. The highest BCUT2D eigenvalue weighted by atomic mass is 16.6. The van der Waals surface area contributed by atoms with E-state index < -0.39 is 11.7 Å². The maximum Gasteiger partial charge on any atom is 0.312 e. The van der Waals surface area contributed by atoms with Gasteiger partial charge in [0.25, 0.3) is 0 Å². The first-order valence-electron chi connectivity index (χ1n) is 10.3. The Morgan fingerprint density at radius 3 is 2.08 bits per heavy atom. The number of hydrogen-bond donors (Lipinski definition) is 2. The van der Waals surface area contributed by atoms with Crippen molar-refractivity contribution in [3.63, 3.8) is 0 Å². The predicted octanol–water partition coefficient (Wildman–Crippen LogP) is 3.11. The summed E-state index contributed by atoms with van der Waals surface area (Å²) < 4.78 is 6.46. The first-order chi connectivity index (χ1) is 11.7. The number of aliphatic hydroxyl groups excluding tert-OH is 1. The molecule has 4 unspecified atom stereocenters. The van der Waals surface area contributed by atoms with E-state index in [-0.39, 0.29) is 17.0 Å². The Morgan fingerprint density at radius 1 is 1.04 bits per heavy atom. The number of aliphatic hydroxyl groups is 2. The van der Waals surface area contributed by atoms with Crippen LogP contribution in [-0.4, -0.2) is 28.1 Å². The quantitative estimate of drug-likeness (QED) is 0.605. The zero-order valence-corrected chi connectivity index (χ0v) is 15.7. The van der Waals surface area contributed by atoms with Gasteiger partial charge in [-0.15, -0.1) is 0 Å². The molecule has 25 heavy (non-hydrogen) atoms. The second kappa shape index (κ2) is 4.81. The molecule has 0 aromatic heterocycles. The van der Waals surface area contributed by atoms with Gasteiger partial charge in [-0.25, -0.2) is 0 Å². The monoisotopic (exact) mass is 348 g/mol. The Kier molecular flexibility index (Phi) is 3.18. The molecule has 140 valence electrons. The number of ether oxygens (including phenoxy) is 1. The molecule has 0 heterocycles. The van der Waals surface area contributed by atoms with Gasteiger partial charge in [-0.3, -0.25) is 4.79 Å². The van der Waals surface area contributed by atoms with E-state index in [9.17, 15) is 15.0 Å². The van der Waals surface area contributed by atoms with Gasteiger partial charge < -0.3 is 14.9 Å². The van der Waals surface area contributed by atoms with Crippen LogP contribution in [-0.2, 0) is 9.53 Å². The van der Waals surface area contributed by atoms with Crippen LogP contribution in [0.5, 0.6) is 0 Å². The van der Waals surface area contributed by atoms with Gasteiger partial charge in [0.15, 0.2) is 6.29 Å². The molecule has 7 rings (SSSR count). The van der Waals surface area contributed by atoms with Crippen molar-refractivity contribution in [2.75, 3.05) is 0 Å². The molecule has 7 saturated carbocycles. The van der Waals surface area contributed by atoms with E-state index in [1.807, 2.05) is 20.8 Å². The van der Waals surface area contributed by atoms with Crippen molar-refractivity contribution < 1.29 is 19.7 Å². The Labute approximate surface area is 150 Å². The van der Waals surface area contributed by atoms with E-state index in [0.29, 0.717) is 35.5 Å². The fraction of sp³-hybridized carbons (Fsp3) is 0.952. The van der Waals surface area contributed by atoms with Gasteiger partial charge in [-0.2, -0.15) is 0 Å². The first kappa shape index (κ1) is 16.6. The molecule has 7 fully saturated rings. The summed E-state index contributed by atoms with van der Waals surface area (Å²) in [5.41, 5.74) is -1.06. The highest BCUT2D eigenvalue weighted by Crippen LogP contribution is 2.78. The zero-order chi connectivity index (χ0) is 17.8. The minimum Gasteiger partial charge on any atom is -0.458 e. The van der Waals surface area contributed by atoms with Crippen LogP contribution < -0.4 is 0 Å². The van der Waals surface area contributed by atoms with Crippen LogP contribution in [0.4, 0.5) is 0 Å². The molecule has 0 amide bonds. The highest BCUT2D eigenvalue weighted by molar-refractivity contribution is 5.76. The number of hydrogen-bond acceptors (Lipinski definition) is 4. The molecule has 0 saturated heterocycles. The van der Waals surface area contributed by atoms with Crippen LogP contribution in [0.25, 0.3) is 0 Å². The summed E-state index contributed by atoms with van der Waals surface area (Å²) in [5.74, 6) is 2.49. The zero-order valence-electron chi connectivity index (χ0n) is 15.7. The Morgan fingerprint density at radius 2 is 1.56 bits per heavy atom. The Hall–Kier alpha value is -0.610. The van der Waals surface area contributed by atoms with Gasteiger partial charge in [-0.05, 0) is 82.5 Å². The second-order valence-electron chi connectivity index (χ2n) is 10.6. The van der Waals surface area contributed by atoms with E-state index >= 15 is 0 Å². The van der Waals surface area contributed by atoms with Crippen LogP contribution in [0.1, 0.15) is 65.7 Å². The molecule has 0 aromatic rings. The number of esters is 1. The standard InChI is InChI=1S/C21H32O4/c1-4-19(2,3)18(24)25-21-10-12-5-13-15(21)7-11-8-16(21)14(6-12)20(13,9-11)17(22)23/h11-17,22-23H,4-10H2,1-3H3. The lowest BCUT2D eigenvalue weighted by Gasteiger charge is -2.77. The summed E-state index contributed by atoms with van der Waals surface area (Å²) in [6.07, 6.45) is 6.02. The summed E-state index contributed by atoms with van der Waals surface area (Å²) in [4.78, 5) is 13.0. The third-order valence-corrected chi connectivity index (χ3v) is 9.41. The first-order valence-corrected chi connectivity index (χ1v) is 10.3. The molecule has 7 aliphatic rings. The highest BCUT2D eigenvalue weighted by Gasteiger charge is 2.78. The maximum atomic E-state index is 13.0. The molecular weight excluding hydrogens is 316 g/mol. The van der Waals surface area contributed by atoms with Gasteiger partial charge in [0.05, 0.1) is 5.41 Å². The van der Waals surface area contributed by atoms with Crippen LogP contribution in [0.3, 0.4) is 0 Å². The fourth-order valence-corrected chi connectivity index (χ4v) is 8.13. The average molecular weight is 348 g/mol. The van der Waals surface area contributed by atoms with Crippen molar-refractivity contribution >= 4 is 5.97 Å². The molecule has 0 aliphatic heterocycles. The van der Waals surface area contributed by atoms with Gasteiger partial charge in [0.2, 0.25) is 0 Å². The maximum absolute atomic E-state index is 13.0. The summed E-state index contributed by atoms with van der Waals surface area (Å²) in [6, 6.07) is 0. The minimum absolute atomic E-state index is 0.0406. The van der Waals surface area contributed by atoms with Crippen molar-refractivity contribution in [3.05, 3.63) is 0 Å². The van der Waals surface area contributed by atoms with E-state index in [2.05, 4.69) is 0 Å². The van der Waals surface area contributed by atoms with Crippen LogP contribution in [0.15, 0.2) is 0 Å². The van der Waals surface area contributed by atoms with Crippen molar-refractivity contribution in [3.8, 4) is 0 Å². The largest absolute Gasteiger partial charge is 0.458 e. The van der Waals surface area contributed by atoms with Crippen LogP contribution >= 0.6 is 0 Å². The molecular formula is C21H32O4. The van der Waals surface area contributed by atoms with E-state index in [1.54, 1.807) is 0 Å². The van der Waals surface area contributed by atoms with Crippen molar-refractivity contribution in [1.82, 2.24) is 0 Å². The van der Waals surface area contributed by atoms with Gasteiger partial charge in [-0.1, -0.05) is 6.92 Å². The lowest BCUT2D eigenvalue weighted by Crippen LogP contribution is -2.78. The third kappa shape index (κ3) is 1.79. The molecule has 4 atom stereocenters. The molecule has 0 aromatic carbocycles. The topological polar surface area (TPSA) is 66.8 Å². The molecule has 8 bridgehead atoms. The van der Waals surface area contributed by atoms with Gasteiger partial charge in [0, 0.05) is 17.3 Å². The van der Waals surface area contributed by atoms with E-state index in [1.165, 1.54) is 0 Å². The summed E-state index contributed by atoms with van der Waals surface area (Å²) >= 11 is 0. The molecule has 2 N–H and O–H groups in total. The average Bonchev–Trinajstić information content (AvgIpc) is 2.58. The van der Waals surface area contributed by atoms with Crippen molar-refractivity contribution in [2.45, 2.75) is 77.6 Å². The molecule has 0 spiro atoms. The van der Waals surface area contributed by atoms with E-state index in [0.717, 1.165) is 44.9 Å². The summed E-state index contributed by atoms with van der Waals surface area (Å²) in [5, 5.41) is 20.8. The smallest absolute Gasteiger partial charge is 0.312 e. The molecule has 7 aliphatic carbocycles. The summed E-state index contributed by atoms with van der Waals surface area (Å²) in [7, 11) is 0. The predicted molar refractivity (Wildman–Crippen MR) is 92.2 cm³/mol. The van der Waals surface area contributed by atoms with Crippen molar-refractivity contribution in [2.24, 2.45) is 46.3 Å². The number of rotatable bonds is 4. The fourth-order valence-electron chi connectivity index (χ4n) is 8.13. The number of carbonyl (C=O) groups is 1. The lowest BCUT2D eigenvalue weighted by molar-refractivity contribution is -0.365. The Balaban J connectivity index is 1.57. The van der Waals surface area contributed by atoms with E-state index in [4.69, 9.17) is 4.74 Å². The normalized spacial score (nSPS) is 52.2. The van der Waals surface area contributed by atoms with Crippen molar-refractivity contribution in [1.29, 1.82) is 0 Å². The van der Waals surface area contributed by atoms with Gasteiger partial charge >= 0.3 is 5.97 Å². The van der Waals surface area contributed by atoms with Crippen LogP contribution in [0, 0.1) is 46.3 Å². The number of carbonyl (C=O) groups excluding carboxylic acids is 1. The third-order valence-electron chi connectivity index (χ3n) is 9.41. The lowest BCUT2D eigenvalue weighted by atomic mass is 9.29. The Bertz CT molecular complexity index is 585. The molecule has 4 nitrogen and oxygen atoms in total.